The van der Waals surface area contributed by atoms with Crippen molar-refractivity contribution in [3.8, 4) is 11.5 Å². The molecule has 0 radical (unpaired) electrons. The normalized spacial score (nSPS) is 16.3. The van der Waals surface area contributed by atoms with Gasteiger partial charge in [0.1, 0.15) is 17.5 Å². The summed E-state index contributed by atoms with van der Waals surface area (Å²) >= 11 is 0. The van der Waals surface area contributed by atoms with Crippen molar-refractivity contribution >= 4 is 39.9 Å². The van der Waals surface area contributed by atoms with Crippen molar-refractivity contribution in [1.82, 2.24) is 5.32 Å². The molecule has 2 N–H and O–H groups in total. The fraction of sp³-hybridized carbons (Fsp3) is 0.423. The largest absolute Gasteiger partial charge is 0.454 e. The molecule has 1 saturated carbocycles. The van der Waals surface area contributed by atoms with Crippen LogP contribution in [0.25, 0.3) is 0 Å². The highest BCUT2D eigenvalue weighted by atomic mass is 32.2. The molecule has 2 aromatic carbocycles. The van der Waals surface area contributed by atoms with Crippen molar-refractivity contribution in [2.24, 2.45) is 0 Å². The molecule has 1 aliphatic heterocycles. The molecule has 0 unspecified atom stereocenters. The first-order valence-electron chi connectivity index (χ1n) is 12.0. The molecule has 0 spiro atoms. The van der Waals surface area contributed by atoms with Crippen molar-refractivity contribution in [2.75, 3.05) is 28.5 Å². The summed E-state index contributed by atoms with van der Waals surface area (Å²) < 4.78 is 23.3. The molecule has 1 fully saturated rings. The summed E-state index contributed by atoms with van der Waals surface area (Å²) in [4.78, 5) is 40.1. The van der Waals surface area contributed by atoms with Gasteiger partial charge in [0.05, 0.1) is 0 Å². The number of benzene rings is 2. The number of nitrogens with one attached hydrogen (secondary N) is 2. The maximum absolute atomic E-state index is 13.3. The second kappa shape index (κ2) is 11.6. The fourth-order valence-corrected chi connectivity index (χ4v) is 5.33. The molecule has 2 atom stereocenters. The van der Waals surface area contributed by atoms with E-state index >= 15 is 0 Å². The molecule has 1 heterocycles. The van der Waals surface area contributed by atoms with Crippen LogP contribution in [0.4, 0.5) is 11.4 Å². The Kier molecular flexibility index (Phi) is 8.25. The number of rotatable bonds is 9. The molecular weight excluding hydrogens is 482 g/mol. The summed E-state index contributed by atoms with van der Waals surface area (Å²) in [6.45, 7) is 3.68. The molecule has 0 aromatic heterocycles. The average Bonchev–Trinajstić information content (AvgIpc) is 3.50. The second-order valence-electron chi connectivity index (χ2n) is 9.11. The van der Waals surface area contributed by atoms with Crippen molar-refractivity contribution in [1.29, 1.82) is 0 Å². The molecule has 2 aromatic rings. The van der Waals surface area contributed by atoms with Crippen LogP contribution in [-0.4, -0.2) is 52.3 Å². The van der Waals surface area contributed by atoms with Crippen molar-refractivity contribution in [3.05, 3.63) is 48.0 Å². The monoisotopic (exact) mass is 513 g/mol. The predicted octanol–water partition coefficient (Wildman–Crippen LogP) is 2.89. The fourth-order valence-electron chi connectivity index (χ4n) is 4.45. The maximum Gasteiger partial charge on any atom is 0.243 e. The number of anilines is 2. The SMILES string of the molecule is Cc1cccc(N(C(=O)C[S@](=O)CC(=O)Nc2ccc3c(c2)OCO3)[C@H](C)C(=O)NC2CCCC2)c1. The van der Waals surface area contributed by atoms with Crippen molar-refractivity contribution < 1.29 is 28.1 Å². The topological polar surface area (TPSA) is 114 Å². The molecule has 0 bridgehead atoms. The first-order valence-corrected chi connectivity index (χ1v) is 13.5. The van der Waals surface area contributed by atoms with Crippen LogP contribution in [0.15, 0.2) is 42.5 Å². The number of hydrogen-bond acceptors (Lipinski definition) is 6. The van der Waals surface area contributed by atoms with E-state index in [0.29, 0.717) is 22.9 Å². The standard InChI is InChI=1S/C26H31N3O6S/c1-17-6-5-9-21(12-17)29(18(2)26(32)28-19-7-3-4-8-19)25(31)15-36(33)14-24(30)27-20-10-11-22-23(13-20)35-16-34-22/h5-6,9-13,18-19H,3-4,7-8,14-16H2,1-2H3,(H,27,30)(H,28,32)/t18-,36-/m1/s1. The van der Waals surface area contributed by atoms with Crippen LogP contribution in [0, 0.1) is 6.92 Å². The zero-order valence-corrected chi connectivity index (χ0v) is 21.3. The van der Waals surface area contributed by atoms with Crippen LogP contribution in [0.5, 0.6) is 11.5 Å². The van der Waals surface area contributed by atoms with E-state index in [9.17, 15) is 18.6 Å². The Morgan fingerprint density at radius 3 is 2.56 bits per heavy atom. The third kappa shape index (κ3) is 6.42. The van der Waals surface area contributed by atoms with Gasteiger partial charge in [-0.3, -0.25) is 23.5 Å². The Hall–Kier alpha value is -3.40. The van der Waals surface area contributed by atoms with Gasteiger partial charge in [0.25, 0.3) is 0 Å². The number of carbonyl (C=O) groups excluding carboxylic acids is 3. The Labute approximate surface area is 213 Å². The molecule has 0 saturated heterocycles. The van der Waals surface area contributed by atoms with Gasteiger partial charge in [-0.05, 0) is 56.5 Å². The van der Waals surface area contributed by atoms with Gasteiger partial charge < -0.3 is 20.1 Å². The number of aryl methyl sites for hydroxylation is 1. The van der Waals surface area contributed by atoms with Gasteiger partial charge in [0.2, 0.25) is 24.5 Å². The number of nitrogens with zero attached hydrogens (tertiary/aromatic N) is 1. The van der Waals surface area contributed by atoms with E-state index in [1.807, 2.05) is 25.1 Å². The minimum atomic E-state index is -1.78. The highest BCUT2D eigenvalue weighted by Gasteiger charge is 2.30. The summed E-state index contributed by atoms with van der Waals surface area (Å²) in [5.74, 6) is -0.859. The lowest BCUT2D eigenvalue weighted by atomic mass is 10.1. The van der Waals surface area contributed by atoms with Gasteiger partial charge >= 0.3 is 0 Å². The molecule has 10 heteroatoms. The number of carbonyl (C=O) groups is 3. The third-order valence-electron chi connectivity index (χ3n) is 6.25. The van der Waals surface area contributed by atoms with E-state index in [4.69, 9.17) is 9.47 Å². The van der Waals surface area contributed by atoms with Crippen LogP contribution in [0.3, 0.4) is 0 Å². The van der Waals surface area contributed by atoms with E-state index in [2.05, 4.69) is 10.6 Å². The van der Waals surface area contributed by atoms with Gasteiger partial charge in [-0.2, -0.15) is 0 Å². The highest BCUT2D eigenvalue weighted by molar-refractivity contribution is 7.86. The van der Waals surface area contributed by atoms with Gasteiger partial charge in [-0.25, -0.2) is 0 Å². The summed E-state index contributed by atoms with van der Waals surface area (Å²) in [5, 5.41) is 5.71. The van der Waals surface area contributed by atoms with Gasteiger partial charge in [0.15, 0.2) is 11.5 Å². The van der Waals surface area contributed by atoms with Crippen LogP contribution in [-0.2, 0) is 25.2 Å². The summed E-state index contributed by atoms with van der Waals surface area (Å²) in [5.41, 5.74) is 1.96. The van der Waals surface area contributed by atoms with E-state index in [0.717, 1.165) is 31.2 Å². The minimum Gasteiger partial charge on any atom is -0.454 e. The summed E-state index contributed by atoms with van der Waals surface area (Å²) in [6, 6.07) is 11.5. The molecule has 9 nitrogen and oxygen atoms in total. The number of fused-ring (bicyclic) bond motifs is 1. The van der Waals surface area contributed by atoms with Crippen LogP contribution in [0.2, 0.25) is 0 Å². The Morgan fingerprint density at radius 2 is 1.81 bits per heavy atom. The molecule has 2 aliphatic rings. The van der Waals surface area contributed by atoms with Crippen LogP contribution in [0.1, 0.15) is 38.2 Å². The van der Waals surface area contributed by atoms with Crippen molar-refractivity contribution in [2.45, 2.75) is 51.6 Å². The number of amides is 3. The lowest BCUT2D eigenvalue weighted by molar-refractivity contribution is -0.125. The minimum absolute atomic E-state index is 0.114. The molecule has 1 aliphatic carbocycles. The zero-order chi connectivity index (χ0) is 25.7. The second-order valence-corrected chi connectivity index (χ2v) is 10.6. The van der Waals surface area contributed by atoms with Crippen LogP contribution >= 0.6 is 0 Å². The molecule has 3 amide bonds. The average molecular weight is 514 g/mol. The van der Waals surface area contributed by atoms with E-state index in [1.54, 1.807) is 31.2 Å². The number of ether oxygens (including phenoxy) is 2. The lowest BCUT2D eigenvalue weighted by Gasteiger charge is -2.29. The predicted molar refractivity (Wildman–Crippen MR) is 138 cm³/mol. The van der Waals surface area contributed by atoms with Gasteiger partial charge in [0, 0.05) is 34.3 Å². The maximum atomic E-state index is 13.3. The Morgan fingerprint density at radius 1 is 1.06 bits per heavy atom. The summed E-state index contributed by atoms with van der Waals surface area (Å²) in [6.07, 6.45) is 4.01. The molecular formula is C26H31N3O6S. The van der Waals surface area contributed by atoms with Gasteiger partial charge in [-0.15, -0.1) is 0 Å². The van der Waals surface area contributed by atoms with Crippen molar-refractivity contribution in [3.63, 3.8) is 0 Å². The zero-order valence-electron chi connectivity index (χ0n) is 20.5. The third-order valence-corrected chi connectivity index (χ3v) is 7.40. The quantitative estimate of drug-likeness (QED) is 0.533. The van der Waals surface area contributed by atoms with E-state index in [1.165, 1.54) is 4.90 Å². The van der Waals surface area contributed by atoms with Gasteiger partial charge in [-0.1, -0.05) is 25.0 Å². The smallest absolute Gasteiger partial charge is 0.243 e. The first-order chi connectivity index (χ1) is 17.3. The molecule has 192 valence electrons. The molecule has 4 rings (SSSR count). The molecule has 36 heavy (non-hydrogen) atoms. The Balaban J connectivity index is 1.40. The highest BCUT2D eigenvalue weighted by Crippen LogP contribution is 2.34. The van der Waals surface area contributed by atoms with E-state index < -0.39 is 28.7 Å². The first kappa shape index (κ1) is 25.7. The lowest BCUT2D eigenvalue weighted by Crippen LogP contribution is -2.51. The van der Waals surface area contributed by atoms with E-state index in [-0.39, 0.29) is 30.2 Å². The Bertz CT molecular complexity index is 1160. The van der Waals surface area contributed by atoms with Crippen LogP contribution < -0.4 is 25.0 Å². The summed E-state index contributed by atoms with van der Waals surface area (Å²) in [7, 11) is -1.78. The number of hydrogen-bond donors (Lipinski definition) is 2.